The molecule has 2 aromatic heterocycles. The van der Waals surface area contributed by atoms with E-state index in [4.69, 9.17) is 23.2 Å². The second kappa shape index (κ2) is 5.03. The van der Waals surface area contributed by atoms with Gasteiger partial charge in [-0.2, -0.15) is 0 Å². The van der Waals surface area contributed by atoms with Crippen LogP contribution >= 0.6 is 23.2 Å². The molecule has 0 aliphatic heterocycles. The molecular formula is C14H9Cl2N3. The maximum Gasteiger partial charge on any atom is 0.137 e. The van der Waals surface area contributed by atoms with Gasteiger partial charge in [0.05, 0.1) is 11.9 Å². The molecule has 0 unspecified atom stereocenters. The number of halogens is 2. The molecule has 0 radical (unpaired) electrons. The van der Waals surface area contributed by atoms with Gasteiger partial charge in [0, 0.05) is 33.6 Å². The van der Waals surface area contributed by atoms with Crippen LogP contribution in [0.3, 0.4) is 0 Å². The highest BCUT2D eigenvalue weighted by Crippen LogP contribution is 2.27. The zero-order chi connectivity index (χ0) is 13.2. The Morgan fingerprint density at radius 2 is 1.58 bits per heavy atom. The first-order valence-corrected chi connectivity index (χ1v) is 6.40. The molecule has 3 aromatic rings. The van der Waals surface area contributed by atoms with Crippen LogP contribution in [0.2, 0.25) is 10.0 Å². The van der Waals surface area contributed by atoms with Crippen LogP contribution in [0.4, 0.5) is 0 Å². The average molecular weight is 290 g/mol. The van der Waals surface area contributed by atoms with Gasteiger partial charge in [-0.15, -0.1) is 0 Å². The van der Waals surface area contributed by atoms with Crippen LogP contribution in [-0.2, 0) is 0 Å². The quantitative estimate of drug-likeness (QED) is 0.757. The lowest BCUT2D eigenvalue weighted by atomic mass is 10.2. The van der Waals surface area contributed by atoms with E-state index < -0.39 is 0 Å². The van der Waals surface area contributed by atoms with E-state index in [0.29, 0.717) is 10.0 Å². The Bertz CT molecular complexity index is 687. The van der Waals surface area contributed by atoms with E-state index in [0.717, 1.165) is 22.6 Å². The molecule has 94 valence electrons. The van der Waals surface area contributed by atoms with Crippen molar-refractivity contribution in [3.63, 3.8) is 0 Å². The number of rotatable bonds is 2. The Labute approximate surface area is 120 Å². The Balaban J connectivity index is 2.02. The first-order valence-electron chi connectivity index (χ1n) is 5.64. The van der Waals surface area contributed by atoms with Crippen molar-refractivity contribution in [1.29, 1.82) is 0 Å². The molecule has 5 heteroatoms. The van der Waals surface area contributed by atoms with Gasteiger partial charge >= 0.3 is 0 Å². The SMILES string of the molecule is Clc1cc(Cl)cc(-c2cnc(-c3ccncc3)[nH]2)c1. The van der Waals surface area contributed by atoms with Crippen molar-refractivity contribution in [2.24, 2.45) is 0 Å². The van der Waals surface area contributed by atoms with Crippen LogP contribution in [0.15, 0.2) is 48.9 Å². The lowest BCUT2D eigenvalue weighted by Crippen LogP contribution is -1.82. The zero-order valence-corrected chi connectivity index (χ0v) is 11.3. The number of hydrogen-bond acceptors (Lipinski definition) is 2. The second-order valence-corrected chi connectivity index (χ2v) is 4.91. The van der Waals surface area contributed by atoms with Gasteiger partial charge in [-0.1, -0.05) is 23.2 Å². The monoisotopic (exact) mass is 289 g/mol. The van der Waals surface area contributed by atoms with Gasteiger partial charge in [0.2, 0.25) is 0 Å². The van der Waals surface area contributed by atoms with Gasteiger partial charge in [0.25, 0.3) is 0 Å². The fourth-order valence-corrected chi connectivity index (χ4v) is 2.36. The molecule has 0 saturated carbocycles. The normalized spacial score (nSPS) is 10.6. The number of aromatic amines is 1. The predicted molar refractivity (Wildman–Crippen MR) is 77.3 cm³/mol. The third kappa shape index (κ3) is 2.62. The van der Waals surface area contributed by atoms with Gasteiger partial charge in [0.1, 0.15) is 5.82 Å². The standard InChI is InChI=1S/C14H9Cl2N3/c15-11-5-10(6-12(16)7-11)13-8-18-14(19-13)9-1-3-17-4-2-9/h1-8H,(H,18,19). The molecule has 2 heterocycles. The fourth-order valence-electron chi connectivity index (χ4n) is 1.83. The highest BCUT2D eigenvalue weighted by molar-refractivity contribution is 6.35. The van der Waals surface area contributed by atoms with Crippen molar-refractivity contribution >= 4 is 23.2 Å². The number of benzene rings is 1. The summed E-state index contributed by atoms with van der Waals surface area (Å²) in [6.07, 6.45) is 5.22. The van der Waals surface area contributed by atoms with E-state index >= 15 is 0 Å². The molecule has 0 fully saturated rings. The second-order valence-electron chi connectivity index (χ2n) is 4.04. The molecular weight excluding hydrogens is 281 g/mol. The van der Waals surface area contributed by atoms with Crippen LogP contribution in [0.25, 0.3) is 22.6 Å². The predicted octanol–water partition coefficient (Wildman–Crippen LogP) is 4.45. The number of nitrogens with zero attached hydrogens (tertiary/aromatic N) is 2. The minimum Gasteiger partial charge on any atom is -0.338 e. The molecule has 0 atom stereocenters. The first kappa shape index (κ1) is 12.2. The van der Waals surface area contributed by atoms with E-state index in [1.165, 1.54) is 0 Å². The molecule has 0 amide bonds. The minimum atomic E-state index is 0.600. The van der Waals surface area contributed by atoms with Crippen molar-refractivity contribution in [2.75, 3.05) is 0 Å². The zero-order valence-electron chi connectivity index (χ0n) is 9.77. The van der Waals surface area contributed by atoms with Gasteiger partial charge in [-0.05, 0) is 30.3 Å². The summed E-state index contributed by atoms with van der Waals surface area (Å²) < 4.78 is 0. The van der Waals surface area contributed by atoms with Crippen LogP contribution in [0, 0.1) is 0 Å². The summed E-state index contributed by atoms with van der Waals surface area (Å²) in [6.45, 7) is 0. The molecule has 3 nitrogen and oxygen atoms in total. The minimum absolute atomic E-state index is 0.600. The third-order valence-electron chi connectivity index (χ3n) is 2.70. The summed E-state index contributed by atoms with van der Waals surface area (Å²) in [6, 6.07) is 9.18. The summed E-state index contributed by atoms with van der Waals surface area (Å²) in [5.41, 5.74) is 2.76. The number of aromatic nitrogens is 3. The van der Waals surface area contributed by atoms with Crippen molar-refractivity contribution in [1.82, 2.24) is 15.0 Å². The van der Waals surface area contributed by atoms with Crippen LogP contribution in [0.1, 0.15) is 0 Å². The lowest BCUT2D eigenvalue weighted by Gasteiger charge is -2.00. The highest BCUT2D eigenvalue weighted by atomic mass is 35.5. The Morgan fingerprint density at radius 3 is 2.26 bits per heavy atom. The maximum atomic E-state index is 6.00. The highest BCUT2D eigenvalue weighted by Gasteiger charge is 2.06. The summed E-state index contributed by atoms with van der Waals surface area (Å²) in [5, 5.41) is 1.20. The fraction of sp³-hybridized carbons (Fsp3) is 0. The largest absolute Gasteiger partial charge is 0.338 e. The van der Waals surface area contributed by atoms with Crippen LogP contribution in [0.5, 0.6) is 0 Å². The Kier molecular flexibility index (Phi) is 3.23. The molecule has 19 heavy (non-hydrogen) atoms. The molecule has 0 bridgehead atoms. The maximum absolute atomic E-state index is 6.00. The van der Waals surface area contributed by atoms with Crippen molar-refractivity contribution < 1.29 is 0 Å². The molecule has 0 aliphatic rings. The molecule has 0 spiro atoms. The van der Waals surface area contributed by atoms with E-state index in [1.807, 2.05) is 24.3 Å². The number of H-pyrrole nitrogens is 1. The summed E-state index contributed by atoms with van der Waals surface area (Å²) in [5.74, 6) is 0.786. The van der Waals surface area contributed by atoms with E-state index in [2.05, 4.69) is 15.0 Å². The number of pyridine rings is 1. The van der Waals surface area contributed by atoms with Crippen molar-refractivity contribution in [2.45, 2.75) is 0 Å². The topological polar surface area (TPSA) is 41.6 Å². The van der Waals surface area contributed by atoms with E-state index in [-0.39, 0.29) is 0 Å². The smallest absolute Gasteiger partial charge is 0.137 e. The van der Waals surface area contributed by atoms with Crippen molar-refractivity contribution in [3.05, 3.63) is 59.0 Å². The van der Waals surface area contributed by atoms with Crippen LogP contribution in [-0.4, -0.2) is 15.0 Å². The summed E-state index contributed by atoms with van der Waals surface area (Å²) >= 11 is 12.0. The van der Waals surface area contributed by atoms with Crippen molar-refractivity contribution in [3.8, 4) is 22.6 Å². The average Bonchev–Trinajstić information content (AvgIpc) is 2.88. The summed E-state index contributed by atoms with van der Waals surface area (Å²) in [7, 11) is 0. The van der Waals surface area contributed by atoms with E-state index in [9.17, 15) is 0 Å². The number of hydrogen-bond donors (Lipinski definition) is 1. The molecule has 0 aliphatic carbocycles. The van der Waals surface area contributed by atoms with Gasteiger partial charge in [-0.25, -0.2) is 4.98 Å². The molecule has 1 aromatic carbocycles. The Hall–Kier alpha value is -1.84. The summed E-state index contributed by atoms with van der Waals surface area (Å²) in [4.78, 5) is 11.6. The van der Waals surface area contributed by atoms with Crippen LogP contribution < -0.4 is 0 Å². The first-order chi connectivity index (χ1) is 9.22. The number of nitrogens with one attached hydrogen (secondary N) is 1. The molecule has 0 saturated heterocycles. The van der Waals surface area contributed by atoms with E-state index in [1.54, 1.807) is 24.7 Å². The van der Waals surface area contributed by atoms with Gasteiger partial charge < -0.3 is 4.98 Å². The Morgan fingerprint density at radius 1 is 0.895 bits per heavy atom. The molecule has 1 N–H and O–H groups in total. The molecule has 3 rings (SSSR count). The lowest BCUT2D eigenvalue weighted by molar-refractivity contribution is 1.27. The van der Waals surface area contributed by atoms with Gasteiger partial charge in [0.15, 0.2) is 0 Å². The number of imidazole rings is 1. The third-order valence-corrected chi connectivity index (χ3v) is 3.14. The van der Waals surface area contributed by atoms with Gasteiger partial charge in [-0.3, -0.25) is 4.98 Å².